The van der Waals surface area contributed by atoms with Crippen LogP contribution in [-0.2, 0) is 42.9 Å². The van der Waals surface area contributed by atoms with Crippen LogP contribution in [0.3, 0.4) is 0 Å². The number of hydrogen-bond donors (Lipinski definition) is 1. The highest BCUT2D eigenvalue weighted by molar-refractivity contribution is 5.93. The Morgan fingerprint density at radius 3 is 2.44 bits per heavy atom. The van der Waals surface area contributed by atoms with Crippen LogP contribution in [0.5, 0.6) is 0 Å². The highest BCUT2D eigenvalue weighted by atomic mass is 16.7. The molecule has 0 aromatic heterocycles. The van der Waals surface area contributed by atoms with Crippen molar-refractivity contribution in [2.24, 2.45) is 11.8 Å². The van der Waals surface area contributed by atoms with Crippen LogP contribution < -0.4 is 0 Å². The van der Waals surface area contributed by atoms with Gasteiger partial charge in [-0.05, 0) is 53.5 Å². The van der Waals surface area contributed by atoms with Crippen molar-refractivity contribution in [2.45, 2.75) is 83.6 Å². The first-order valence-corrected chi connectivity index (χ1v) is 11.9. The molecule has 0 aromatic carbocycles. The molecule has 0 saturated carbocycles. The largest absolute Gasteiger partial charge is 0.466 e. The van der Waals surface area contributed by atoms with Gasteiger partial charge in [0.1, 0.15) is 6.10 Å². The molecule has 3 rings (SSSR count). The Morgan fingerprint density at radius 2 is 1.89 bits per heavy atom. The molecule has 3 aliphatic rings. The van der Waals surface area contributed by atoms with Crippen LogP contribution in [0.15, 0.2) is 35.5 Å². The van der Waals surface area contributed by atoms with E-state index in [0.717, 1.165) is 5.57 Å². The van der Waals surface area contributed by atoms with Crippen LogP contribution in [0.2, 0.25) is 0 Å². The Kier molecular flexibility index (Phi) is 8.10. The van der Waals surface area contributed by atoms with E-state index in [0.29, 0.717) is 12.8 Å². The summed E-state index contributed by atoms with van der Waals surface area (Å²) >= 11 is 0. The van der Waals surface area contributed by atoms with Crippen LogP contribution in [-0.4, -0.2) is 72.2 Å². The zero-order valence-corrected chi connectivity index (χ0v) is 21.4. The first-order chi connectivity index (χ1) is 16.8. The third-order valence-corrected chi connectivity index (χ3v) is 7.12. The van der Waals surface area contributed by atoms with Crippen molar-refractivity contribution in [3.05, 3.63) is 35.5 Å². The summed E-state index contributed by atoms with van der Waals surface area (Å²) in [6.45, 7) is 11.8. The summed E-state index contributed by atoms with van der Waals surface area (Å²) in [7, 11) is 1.18. The van der Waals surface area contributed by atoms with Gasteiger partial charge in [0.05, 0.1) is 36.7 Å². The van der Waals surface area contributed by atoms with Gasteiger partial charge < -0.3 is 28.8 Å². The lowest BCUT2D eigenvalue weighted by Gasteiger charge is -2.34. The molecule has 198 valence electrons. The summed E-state index contributed by atoms with van der Waals surface area (Å²) in [6, 6.07) is 0. The van der Waals surface area contributed by atoms with Gasteiger partial charge in [0.2, 0.25) is 0 Å². The second-order valence-electron chi connectivity index (χ2n) is 9.75. The van der Waals surface area contributed by atoms with Gasteiger partial charge in [-0.3, -0.25) is 4.79 Å². The topological polar surface area (TPSA) is 138 Å². The molecule has 2 heterocycles. The lowest BCUT2D eigenvalue weighted by atomic mass is 9.83. The van der Waals surface area contributed by atoms with Crippen LogP contribution in [0.4, 0.5) is 0 Å². The number of epoxide rings is 1. The molecule has 2 saturated heterocycles. The summed E-state index contributed by atoms with van der Waals surface area (Å²) in [5, 5.41) is 9.94. The van der Waals surface area contributed by atoms with E-state index in [1.54, 1.807) is 26.0 Å². The summed E-state index contributed by atoms with van der Waals surface area (Å²) in [6.07, 6.45) is -0.996. The van der Waals surface area contributed by atoms with Crippen LogP contribution in [0.25, 0.3) is 0 Å². The van der Waals surface area contributed by atoms with Gasteiger partial charge in [0.25, 0.3) is 0 Å². The quantitative estimate of drug-likeness (QED) is 0.187. The normalized spacial score (nSPS) is 33.7. The van der Waals surface area contributed by atoms with Gasteiger partial charge >= 0.3 is 23.9 Å². The van der Waals surface area contributed by atoms with Crippen LogP contribution >= 0.6 is 0 Å². The Balaban J connectivity index is 2.16. The molecular weight excluding hydrogens is 472 g/mol. The summed E-state index contributed by atoms with van der Waals surface area (Å²) in [5.41, 5.74) is -0.414. The maximum absolute atomic E-state index is 13.2. The number of hydrogen-bond acceptors (Lipinski definition) is 10. The maximum Gasteiger partial charge on any atom is 0.341 e. The maximum atomic E-state index is 13.2. The second kappa shape index (κ2) is 10.6. The van der Waals surface area contributed by atoms with Gasteiger partial charge in [-0.25, -0.2) is 14.4 Å². The number of fused-ring (bicyclic) bond motifs is 1. The molecule has 8 unspecified atom stereocenters. The van der Waals surface area contributed by atoms with E-state index in [9.17, 15) is 24.3 Å². The molecule has 2 aliphatic heterocycles. The van der Waals surface area contributed by atoms with E-state index < -0.39 is 71.8 Å². The molecular formula is C26H34O10. The number of rotatable bonds is 6. The fourth-order valence-electron chi connectivity index (χ4n) is 4.23. The standard InChI is InChI=1S/C26H34O10/c1-12-9-8-10-17(24(30)32-7)20(34-22(28)13(2)15(4)27)21(35-25(31)26(6)16(5)36-26)19-14(3)23(29)33-18(19)11-12/h10-11,13,15-16,18-21,27H,3,8-9H2,1-2,4-7H3. The molecule has 8 atom stereocenters. The van der Waals surface area contributed by atoms with Crippen LogP contribution in [0, 0.1) is 11.8 Å². The van der Waals surface area contributed by atoms with E-state index >= 15 is 0 Å². The lowest BCUT2D eigenvalue weighted by molar-refractivity contribution is -0.178. The van der Waals surface area contributed by atoms with Crippen molar-refractivity contribution >= 4 is 23.9 Å². The Labute approximate surface area is 210 Å². The van der Waals surface area contributed by atoms with Crippen molar-refractivity contribution in [1.29, 1.82) is 0 Å². The number of allylic oxidation sites excluding steroid dienone is 2. The smallest absolute Gasteiger partial charge is 0.341 e. The minimum atomic E-state index is -1.47. The number of ether oxygens (including phenoxy) is 5. The van der Waals surface area contributed by atoms with E-state index in [1.807, 2.05) is 6.92 Å². The zero-order valence-electron chi connectivity index (χ0n) is 21.4. The highest BCUT2D eigenvalue weighted by Crippen LogP contribution is 2.41. The Hall–Kier alpha value is -2.98. The van der Waals surface area contributed by atoms with Crippen molar-refractivity contribution in [1.82, 2.24) is 0 Å². The molecule has 1 N–H and O–H groups in total. The predicted molar refractivity (Wildman–Crippen MR) is 125 cm³/mol. The summed E-state index contributed by atoms with van der Waals surface area (Å²) in [4.78, 5) is 51.6. The number of aliphatic hydroxyl groups is 1. The van der Waals surface area contributed by atoms with Gasteiger partial charge in [-0.2, -0.15) is 0 Å². The average molecular weight is 507 g/mol. The van der Waals surface area contributed by atoms with Crippen molar-refractivity contribution in [3.8, 4) is 0 Å². The van der Waals surface area contributed by atoms with Crippen LogP contribution in [0.1, 0.15) is 47.5 Å². The van der Waals surface area contributed by atoms with Crippen molar-refractivity contribution < 1.29 is 48.0 Å². The second-order valence-corrected chi connectivity index (χ2v) is 9.75. The molecule has 0 bridgehead atoms. The first-order valence-electron chi connectivity index (χ1n) is 11.9. The molecule has 0 aromatic rings. The van der Waals surface area contributed by atoms with Crippen molar-refractivity contribution in [2.75, 3.05) is 7.11 Å². The molecule has 2 fully saturated rings. The summed E-state index contributed by atoms with van der Waals surface area (Å²) < 4.78 is 27.6. The first kappa shape index (κ1) is 27.6. The third kappa shape index (κ3) is 5.39. The molecule has 0 spiro atoms. The minimum Gasteiger partial charge on any atom is -0.466 e. The fourth-order valence-corrected chi connectivity index (χ4v) is 4.23. The van der Waals surface area contributed by atoms with E-state index in [2.05, 4.69) is 6.58 Å². The Bertz CT molecular complexity index is 1010. The molecule has 10 heteroatoms. The number of methoxy groups -OCH3 is 1. The fraction of sp³-hybridized carbons (Fsp3) is 0.615. The molecule has 10 nitrogen and oxygen atoms in total. The van der Waals surface area contributed by atoms with Gasteiger partial charge in [0, 0.05) is 5.57 Å². The lowest BCUT2D eigenvalue weighted by Crippen LogP contribution is -2.48. The number of aliphatic hydroxyl groups excluding tert-OH is 1. The number of carbonyl (C=O) groups excluding carboxylic acids is 4. The molecule has 1 aliphatic carbocycles. The van der Waals surface area contributed by atoms with Gasteiger partial charge in [-0.15, -0.1) is 0 Å². The number of esters is 4. The monoisotopic (exact) mass is 506 g/mol. The third-order valence-electron chi connectivity index (χ3n) is 7.12. The van der Waals surface area contributed by atoms with E-state index in [1.165, 1.54) is 21.0 Å². The predicted octanol–water partition coefficient (Wildman–Crippen LogP) is 1.94. The SMILES string of the molecule is C=C1C(=O)OC2C=C(C)CCC=C(C(=O)OC)C(OC(=O)C(C)C(C)O)C(OC(=O)C3(C)OC3C)C12. The zero-order chi connectivity index (χ0) is 26.9. The molecule has 0 radical (unpaired) electrons. The molecule has 0 amide bonds. The Morgan fingerprint density at radius 1 is 1.25 bits per heavy atom. The highest BCUT2D eigenvalue weighted by Gasteiger charge is 2.60. The van der Waals surface area contributed by atoms with Crippen molar-refractivity contribution in [3.63, 3.8) is 0 Å². The van der Waals surface area contributed by atoms with E-state index in [4.69, 9.17) is 23.7 Å². The minimum absolute atomic E-state index is 0.00572. The van der Waals surface area contributed by atoms with E-state index in [-0.39, 0.29) is 11.1 Å². The summed E-state index contributed by atoms with van der Waals surface area (Å²) in [5.74, 6) is -5.00. The number of carbonyl (C=O) groups is 4. The van der Waals surface area contributed by atoms with Gasteiger partial charge in [0.15, 0.2) is 17.8 Å². The van der Waals surface area contributed by atoms with Gasteiger partial charge in [-0.1, -0.05) is 18.2 Å². The average Bonchev–Trinajstić information content (AvgIpc) is 3.35. The molecule has 36 heavy (non-hydrogen) atoms.